The summed E-state index contributed by atoms with van der Waals surface area (Å²) in [5.41, 5.74) is 2.50. The molecule has 0 saturated heterocycles. The van der Waals surface area contributed by atoms with Crippen LogP contribution in [0.15, 0.2) is 29.3 Å². The van der Waals surface area contributed by atoms with Crippen LogP contribution in [-0.4, -0.2) is 46.0 Å². The van der Waals surface area contributed by atoms with Gasteiger partial charge in [-0.05, 0) is 32.3 Å². The van der Waals surface area contributed by atoms with E-state index in [0.717, 1.165) is 38.5 Å². The fourth-order valence-electron chi connectivity index (χ4n) is 2.10. The number of nitrogens with one attached hydrogen (secondary N) is 2. The highest BCUT2D eigenvalue weighted by atomic mass is 16.5. The third kappa shape index (κ3) is 9.92. The molecule has 1 aromatic rings. The van der Waals surface area contributed by atoms with Gasteiger partial charge in [-0.3, -0.25) is 0 Å². The number of nitrogens with zero attached hydrogens (tertiary/aromatic N) is 1. The van der Waals surface area contributed by atoms with Gasteiger partial charge in [-0.2, -0.15) is 0 Å². The lowest BCUT2D eigenvalue weighted by Crippen LogP contribution is -2.37. The van der Waals surface area contributed by atoms with Crippen molar-refractivity contribution in [2.24, 2.45) is 4.99 Å². The van der Waals surface area contributed by atoms with Gasteiger partial charge in [0.25, 0.3) is 0 Å². The van der Waals surface area contributed by atoms with E-state index in [1.165, 1.54) is 11.1 Å². The molecule has 0 bridgehead atoms. The number of ether oxygens (including phenoxy) is 2. The van der Waals surface area contributed by atoms with E-state index in [2.05, 4.69) is 53.7 Å². The van der Waals surface area contributed by atoms with Gasteiger partial charge in [-0.25, -0.2) is 4.99 Å². The molecule has 0 unspecified atom stereocenters. The van der Waals surface area contributed by atoms with E-state index in [-0.39, 0.29) is 0 Å². The van der Waals surface area contributed by atoms with E-state index in [0.29, 0.717) is 19.8 Å². The topological polar surface area (TPSA) is 54.9 Å². The molecule has 130 valence electrons. The van der Waals surface area contributed by atoms with Crippen LogP contribution >= 0.6 is 0 Å². The standard InChI is InChI=1S/C18H31N3O2/c1-4-19-18(20-10-5-6-11-23-13-12-22-3)21-15-17-9-7-8-16(2)14-17/h7-9,14H,4-6,10-13,15H2,1-3H3,(H2,19,20,21). The SMILES string of the molecule is CCNC(=NCc1cccc(C)c1)NCCCCOCCOC. The minimum absolute atomic E-state index is 0.661. The summed E-state index contributed by atoms with van der Waals surface area (Å²) >= 11 is 0. The molecule has 0 amide bonds. The summed E-state index contributed by atoms with van der Waals surface area (Å²) in [4.78, 5) is 4.63. The molecule has 2 N–H and O–H groups in total. The van der Waals surface area contributed by atoms with Gasteiger partial charge in [0.15, 0.2) is 5.96 Å². The Morgan fingerprint density at radius 2 is 2.00 bits per heavy atom. The summed E-state index contributed by atoms with van der Waals surface area (Å²) in [6.07, 6.45) is 2.09. The monoisotopic (exact) mass is 321 g/mol. The molecule has 0 fully saturated rings. The normalized spacial score (nSPS) is 11.5. The zero-order valence-corrected chi connectivity index (χ0v) is 14.7. The first-order chi connectivity index (χ1) is 11.3. The van der Waals surface area contributed by atoms with Crippen LogP contribution in [0.2, 0.25) is 0 Å². The van der Waals surface area contributed by atoms with Gasteiger partial charge in [0.2, 0.25) is 0 Å². The predicted molar refractivity (Wildman–Crippen MR) is 95.9 cm³/mol. The van der Waals surface area contributed by atoms with E-state index >= 15 is 0 Å². The van der Waals surface area contributed by atoms with Gasteiger partial charge in [0, 0.05) is 26.8 Å². The van der Waals surface area contributed by atoms with Crippen molar-refractivity contribution in [3.8, 4) is 0 Å². The third-order valence-electron chi connectivity index (χ3n) is 3.29. The number of rotatable bonds is 11. The molecule has 0 aliphatic carbocycles. The molecule has 0 heterocycles. The number of hydrogen-bond donors (Lipinski definition) is 2. The van der Waals surface area contributed by atoms with Crippen molar-refractivity contribution in [2.45, 2.75) is 33.2 Å². The van der Waals surface area contributed by atoms with E-state index in [4.69, 9.17) is 9.47 Å². The molecular formula is C18H31N3O2. The van der Waals surface area contributed by atoms with Crippen LogP contribution in [0, 0.1) is 6.92 Å². The smallest absolute Gasteiger partial charge is 0.191 e. The number of guanidine groups is 1. The quantitative estimate of drug-likeness (QED) is 0.373. The van der Waals surface area contributed by atoms with E-state index < -0.39 is 0 Å². The van der Waals surface area contributed by atoms with Crippen LogP contribution < -0.4 is 10.6 Å². The molecule has 0 radical (unpaired) electrons. The number of benzene rings is 1. The van der Waals surface area contributed by atoms with Crippen LogP contribution in [0.25, 0.3) is 0 Å². The highest BCUT2D eigenvalue weighted by Crippen LogP contribution is 2.04. The molecule has 0 atom stereocenters. The number of aryl methyl sites for hydroxylation is 1. The van der Waals surface area contributed by atoms with Crippen LogP contribution in [0.3, 0.4) is 0 Å². The summed E-state index contributed by atoms with van der Waals surface area (Å²) in [7, 11) is 1.69. The van der Waals surface area contributed by atoms with Gasteiger partial charge in [-0.1, -0.05) is 29.8 Å². The van der Waals surface area contributed by atoms with Crippen molar-refractivity contribution in [1.29, 1.82) is 0 Å². The van der Waals surface area contributed by atoms with Crippen molar-refractivity contribution >= 4 is 5.96 Å². The van der Waals surface area contributed by atoms with Crippen molar-refractivity contribution in [3.05, 3.63) is 35.4 Å². The largest absolute Gasteiger partial charge is 0.382 e. The number of unbranched alkanes of at least 4 members (excludes halogenated alkanes) is 1. The molecule has 1 rings (SSSR count). The highest BCUT2D eigenvalue weighted by Gasteiger charge is 1.98. The fourth-order valence-corrected chi connectivity index (χ4v) is 2.10. The first kappa shape index (κ1) is 19.5. The molecule has 0 aliphatic rings. The van der Waals surface area contributed by atoms with E-state index in [9.17, 15) is 0 Å². The lowest BCUT2D eigenvalue weighted by molar-refractivity contribution is 0.0689. The number of methoxy groups -OCH3 is 1. The van der Waals surface area contributed by atoms with Crippen LogP contribution in [0.1, 0.15) is 30.9 Å². The van der Waals surface area contributed by atoms with Gasteiger partial charge in [0.05, 0.1) is 19.8 Å². The Balaban J connectivity index is 2.24. The molecule has 5 nitrogen and oxygen atoms in total. The van der Waals surface area contributed by atoms with Gasteiger partial charge in [0.1, 0.15) is 0 Å². The van der Waals surface area contributed by atoms with Crippen molar-refractivity contribution in [1.82, 2.24) is 10.6 Å². The Morgan fingerprint density at radius 3 is 2.74 bits per heavy atom. The first-order valence-electron chi connectivity index (χ1n) is 8.40. The van der Waals surface area contributed by atoms with Crippen LogP contribution in [-0.2, 0) is 16.0 Å². The zero-order valence-electron chi connectivity index (χ0n) is 14.7. The van der Waals surface area contributed by atoms with Gasteiger partial charge in [-0.15, -0.1) is 0 Å². The lowest BCUT2D eigenvalue weighted by atomic mass is 10.1. The Kier molecular flexibility index (Phi) is 10.9. The molecule has 5 heteroatoms. The van der Waals surface area contributed by atoms with Gasteiger partial charge < -0.3 is 20.1 Å². The second kappa shape index (κ2) is 12.9. The number of hydrogen-bond acceptors (Lipinski definition) is 3. The summed E-state index contributed by atoms with van der Waals surface area (Å²) < 4.78 is 10.4. The van der Waals surface area contributed by atoms with Crippen molar-refractivity contribution in [2.75, 3.05) is 40.0 Å². The predicted octanol–water partition coefficient (Wildman–Crippen LogP) is 2.49. The summed E-state index contributed by atoms with van der Waals surface area (Å²) in [5.74, 6) is 0.870. The summed E-state index contributed by atoms with van der Waals surface area (Å²) in [5, 5.41) is 6.64. The Bertz CT molecular complexity index is 450. The maximum absolute atomic E-state index is 5.45. The van der Waals surface area contributed by atoms with Crippen LogP contribution in [0.5, 0.6) is 0 Å². The molecule has 23 heavy (non-hydrogen) atoms. The highest BCUT2D eigenvalue weighted by molar-refractivity contribution is 5.79. The Labute approximate surface area is 140 Å². The second-order valence-electron chi connectivity index (χ2n) is 5.42. The molecule has 0 aliphatic heterocycles. The summed E-state index contributed by atoms with van der Waals surface area (Å²) in [6, 6.07) is 8.46. The van der Waals surface area contributed by atoms with E-state index in [1.54, 1.807) is 7.11 Å². The zero-order chi connectivity index (χ0) is 16.8. The summed E-state index contributed by atoms with van der Waals surface area (Å²) in [6.45, 7) is 8.74. The third-order valence-corrected chi connectivity index (χ3v) is 3.29. The van der Waals surface area contributed by atoms with Crippen molar-refractivity contribution in [3.63, 3.8) is 0 Å². The van der Waals surface area contributed by atoms with Gasteiger partial charge >= 0.3 is 0 Å². The average molecular weight is 321 g/mol. The number of aliphatic imine (C=N–C) groups is 1. The maximum Gasteiger partial charge on any atom is 0.191 e. The average Bonchev–Trinajstić information content (AvgIpc) is 2.55. The molecular weight excluding hydrogens is 290 g/mol. The lowest BCUT2D eigenvalue weighted by Gasteiger charge is -2.11. The minimum Gasteiger partial charge on any atom is -0.382 e. The second-order valence-corrected chi connectivity index (χ2v) is 5.42. The maximum atomic E-state index is 5.45. The first-order valence-corrected chi connectivity index (χ1v) is 8.40. The minimum atomic E-state index is 0.661. The fraction of sp³-hybridized carbons (Fsp3) is 0.611. The van der Waals surface area contributed by atoms with E-state index in [1.807, 2.05) is 0 Å². The molecule has 1 aromatic carbocycles. The Hall–Kier alpha value is -1.59. The molecule has 0 spiro atoms. The van der Waals surface area contributed by atoms with Crippen LogP contribution in [0.4, 0.5) is 0 Å². The molecule has 0 saturated carbocycles. The molecule has 0 aromatic heterocycles. The van der Waals surface area contributed by atoms with Crippen molar-refractivity contribution < 1.29 is 9.47 Å². The Morgan fingerprint density at radius 1 is 1.13 bits per heavy atom.